The maximum atomic E-state index is 13.4. The Hall–Kier alpha value is -1.00. The smallest absolute Gasteiger partial charge is 0.130 e. The first-order valence-corrected chi connectivity index (χ1v) is 5.95. The van der Waals surface area contributed by atoms with Gasteiger partial charge >= 0.3 is 0 Å². The van der Waals surface area contributed by atoms with E-state index in [-0.39, 0.29) is 18.7 Å². The lowest BCUT2D eigenvalue weighted by atomic mass is 10.1. The van der Waals surface area contributed by atoms with Crippen LogP contribution in [0.3, 0.4) is 0 Å². The average molecular weight is 243 g/mol. The molecule has 1 aromatic carbocycles. The minimum absolute atomic E-state index is 0.123. The van der Waals surface area contributed by atoms with Crippen molar-refractivity contribution in [3.8, 4) is 0 Å². The van der Waals surface area contributed by atoms with Crippen LogP contribution in [-0.4, -0.2) is 29.7 Å². The van der Waals surface area contributed by atoms with Gasteiger partial charge in [0.05, 0.1) is 0 Å². The summed E-state index contributed by atoms with van der Waals surface area (Å²) in [5.41, 5.74) is 0.123. The van der Waals surface area contributed by atoms with Gasteiger partial charge in [0.25, 0.3) is 0 Å². The third kappa shape index (κ3) is 4.40. The normalized spacial score (nSPS) is 11.1. The number of halogens is 2. The lowest BCUT2D eigenvalue weighted by molar-refractivity contribution is 0.239. The number of aliphatic hydroxyl groups excluding tert-OH is 1. The van der Waals surface area contributed by atoms with Crippen LogP contribution in [0.15, 0.2) is 18.2 Å². The van der Waals surface area contributed by atoms with Crippen LogP contribution >= 0.6 is 0 Å². The van der Waals surface area contributed by atoms with Gasteiger partial charge in [-0.15, -0.1) is 0 Å². The van der Waals surface area contributed by atoms with Gasteiger partial charge < -0.3 is 5.11 Å². The van der Waals surface area contributed by atoms with Gasteiger partial charge in [0.2, 0.25) is 0 Å². The van der Waals surface area contributed by atoms with E-state index in [1.165, 1.54) is 18.2 Å². The molecule has 0 aromatic heterocycles. The van der Waals surface area contributed by atoms with Gasteiger partial charge in [0.1, 0.15) is 11.6 Å². The molecule has 0 radical (unpaired) electrons. The van der Waals surface area contributed by atoms with E-state index in [9.17, 15) is 8.78 Å². The molecule has 0 bridgehead atoms. The zero-order chi connectivity index (χ0) is 12.7. The zero-order valence-corrected chi connectivity index (χ0v) is 10.1. The van der Waals surface area contributed by atoms with Gasteiger partial charge in [-0.25, -0.2) is 8.78 Å². The molecule has 0 heterocycles. The predicted molar refractivity (Wildman–Crippen MR) is 63.6 cm³/mol. The Morgan fingerprint density at radius 1 is 1.18 bits per heavy atom. The van der Waals surface area contributed by atoms with Crippen molar-refractivity contribution in [3.63, 3.8) is 0 Å². The van der Waals surface area contributed by atoms with Gasteiger partial charge in [-0.2, -0.15) is 0 Å². The molecule has 2 nitrogen and oxygen atoms in total. The molecular formula is C13H19F2NO. The van der Waals surface area contributed by atoms with E-state index in [2.05, 4.69) is 0 Å². The third-order valence-corrected chi connectivity index (χ3v) is 2.77. The molecule has 0 amide bonds. The molecule has 0 aliphatic rings. The average Bonchev–Trinajstić information content (AvgIpc) is 2.32. The Balaban J connectivity index is 2.60. The first-order chi connectivity index (χ1) is 8.19. The van der Waals surface area contributed by atoms with Crippen molar-refractivity contribution in [1.82, 2.24) is 4.90 Å². The van der Waals surface area contributed by atoms with Gasteiger partial charge in [0.15, 0.2) is 0 Å². The fraction of sp³-hybridized carbons (Fsp3) is 0.538. The number of hydrogen-bond acceptors (Lipinski definition) is 2. The molecule has 1 aromatic rings. The fourth-order valence-electron chi connectivity index (χ4n) is 1.70. The van der Waals surface area contributed by atoms with E-state index >= 15 is 0 Å². The van der Waals surface area contributed by atoms with Crippen molar-refractivity contribution in [2.75, 3.05) is 19.7 Å². The molecular weight excluding hydrogens is 224 g/mol. The van der Waals surface area contributed by atoms with E-state index in [0.29, 0.717) is 0 Å². The van der Waals surface area contributed by atoms with Crippen LogP contribution in [0.25, 0.3) is 0 Å². The number of rotatable bonds is 7. The minimum Gasteiger partial charge on any atom is -0.396 e. The molecule has 0 aliphatic carbocycles. The summed E-state index contributed by atoms with van der Waals surface area (Å²) < 4.78 is 26.9. The molecule has 96 valence electrons. The standard InChI is InChI=1S/C13H19F2NO/c1-2-16(8-3-4-9-17)10-11-12(14)6-5-7-13(11)15/h5-7,17H,2-4,8-10H2,1H3. The molecule has 0 aliphatic heterocycles. The van der Waals surface area contributed by atoms with Crippen molar-refractivity contribution < 1.29 is 13.9 Å². The largest absolute Gasteiger partial charge is 0.396 e. The second-order valence-electron chi connectivity index (χ2n) is 4.00. The fourth-order valence-corrected chi connectivity index (χ4v) is 1.70. The monoisotopic (exact) mass is 243 g/mol. The van der Waals surface area contributed by atoms with Crippen LogP contribution in [-0.2, 0) is 6.54 Å². The van der Waals surface area contributed by atoms with Gasteiger partial charge in [0, 0.05) is 18.7 Å². The molecule has 0 saturated carbocycles. The molecule has 0 unspecified atom stereocenters. The van der Waals surface area contributed by atoms with E-state index in [1.54, 1.807) is 0 Å². The predicted octanol–water partition coefficient (Wildman–Crippen LogP) is 2.56. The molecule has 17 heavy (non-hydrogen) atoms. The maximum absolute atomic E-state index is 13.4. The van der Waals surface area contributed by atoms with Crippen LogP contribution in [0.5, 0.6) is 0 Å². The van der Waals surface area contributed by atoms with Crippen LogP contribution in [0.4, 0.5) is 8.78 Å². The number of benzene rings is 1. The lowest BCUT2D eigenvalue weighted by Gasteiger charge is -2.20. The Kier molecular flexibility index (Phi) is 6.08. The molecule has 1 rings (SSSR count). The van der Waals surface area contributed by atoms with Crippen LogP contribution in [0.1, 0.15) is 25.3 Å². The Morgan fingerprint density at radius 2 is 1.82 bits per heavy atom. The third-order valence-electron chi connectivity index (χ3n) is 2.77. The first-order valence-electron chi connectivity index (χ1n) is 5.95. The van der Waals surface area contributed by atoms with Crippen molar-refractivity contribution in [2.45, 2.75) is 26.3 Å². The summed E-state index contributed by atoms with van der Waals surface area (Å²) in [6.07, 6.45) is 1.55. The van der Waals surface area contributed by atoms with Gasteiger partial charge in [-0.05, 0) is 38.1 Å². The quantitative estimate of drug-likeness (QED) is 0.744. The van der Waals surface area contributed by atoms with E-state index in [1.807, 2.05) is 11.8 Å². The summed E-state index contributed by atoms with van der Waals surface area (Å²) in [7, 11) is 0. The highest BCUT2D eigenvalue weighted by atomic mass is 19.1. The van der Waals surface area contributed by atoms with Crippen LogP contribution in [0, 0.1) is 11.6 Å². The summed E-state index contributed by atoms with van der Waals surface area (Å²) in [6.45, 7) is 3.87. The number of hydrogen-bond donors (Lipinski definition) is 1. The first kappa shape index (κ1) is 14.1. The molecule has 0 saturated heterocycles. The summed E-state index contributed by atoms with van der Waals surface area (Å²) >= 11 is 0. The van der Waals surface area contributed by atoms with Crippen LogP contribution < -0.4 is 0 Å². The number of nitrogens with zero attached hydrogens (tertiary/aromatic N) is 1. The van der Waals surface area contributed by atoms with E-state index in [4.69, 9.17) is 5.11 Å². The lowest BCUT2D eigenvalue weighted by Crippen LogP contribution is -2.25. The van der Waals surface area contributed by atoms with E-state index < -0.39 is 11.6 Å². The Labute approximate surface area is 101 Å². The SMILES string of the molecule is CCN(CCCCO)Cc1c(F)cccc1F. The van der Waals surface area contributed by atoms with E-state index in [0.717, 1.165) is 25.9 Å². The molecule has 0 spiro atoms. The summed E-state index contributed by atoms with van der Waals surface area (Å²) in [5.74, 6) is -0.990. The minimum atomic E-state index is -0.495. The molecule has 0 fully saturated rings. The van der Waals surface area contributed by atoms with Crippen molar-refractivity contribution >= 4 is 0 Å². The Morgan fingerprint density at radius 3 is 2.35 bits per heavy atom. The van der Waals surface area contributed by atoms with Crippen molar-refractivity contribution in [3.05, 3.63) is 35.4 Å². The summed E-state index contributed by atoms with van der Waals surface area (Å²) in [4.78, 5) is 1.97. The highest BCUT2D eigenvalue weighted by Crippen LogP contribution is 2.14. The topological polar surface area (TPSA) is 23.5 Å². The second-order valence-corrected chi connectivity index (χ2v) is 4.00. The molecule has 4 heteroatoms. The number of aliphatic hydroxyl groups is 1. The van der Waals surface area contributed by atoms with Crippen LogP contribution in [0.2, 0.25) is 0 Å². The van der Waals surface area contributed by atoms with Gasteiger partial charge in [-0.3, -0.25) is 4.90 Å². The highest BCUT2D eigenvalue weighted by Gasteiger charge is 2.11. The second kappa shape index (κ2) is 7.35. The van der Waals surface area contributed by atoms with Crippen molar-refractivity contribution in [2.24, 2.45) is 0 Å². The molecule has 1 N–H and O–H groups in total. The summed E-state index contributed by atoms with van der Waals surface area (Å²) in [5, 5.41) is 8.69. The Bertz CT molecular complexity index is 324. The maximum Gasteiger partial charge on any atom is 0.130 e. The summed E-state index contributed by atoms with van der Waals surface area (Å²) in [6, 6.07) is 3.93. The highest BCUT2D eigenvalue weighted by molar-refractivity contribution is 5.19. The molecule has 0 atom stereocenters. The van der Waals surface area contributed by atoms with Crippen molar-refractivity contribution in [1.29, 1.82) is 0 Å². The van der Waals surface area contributed by atoms with Gasteiger partial charge in [-0.1, -0.05) is 13.0 Å². The number of unbranched alkanes of at least 4 members (excludes halogenated alkanes) is 1. The zero-order valence-electron chi connectivity index (χ0n) is 10.1.